The van der Waals surface area contributed by atoms with Crippen molar-refractivity contribution >= 4 is 12.6 Å². The third-order valence-electron chi connectivity index (χ3n) is 3.89. The van der Waals surface area contributed by atoms with Crippen LogP contribution in [0.4, 0.5) is 8.78 Å². The fourth-order valence-electron chi connectivity index (χ4n) is 2.00. The fraction of sp³-hybridized carbons (Fsp3) is 0.571. The number of halogens is 2. The highest BCUT2D eigenvalue weighted by molar-refractivity contribution is 6.63. The third kappa shape index (κ3) is 2.81. The van der Waals surface area contributed by atoms with E-state index in [1.807, 2.05) is 40.7 Å². The molecule has 1 heterocycles. The van der Waals surface area contributed by atoms with Gasteiger partial charge in [0.2, 0.25) is 0 Å². The highest BCUT2D eigenvalue weighted by atomic mass is 19.3. The lowest BCUT2D eigenvalue weighted by Gasteiger charge is -2.32. The van der Waals surface area contributed by atoms with Crippen LogP contribution in [0.25, 0.3) is 0 Å². The average molecular weight is 284 g/mol. The smallest absolute Gasteiger partial charge is 0.435 e. The van der Waals surface area contributed by atoms with Crippen molar-refractivity contribution in [3.63, 3.8) is 0 Å². The summed E-state index contributed by atoms with van der Waals surface area (Å²) in [6.45, 7) is 6.58. The summed E-state index contributed by atoms with van der Waals surface area (Å²) in [7, 11) is -0.714. The number of aryl methyl sites for hydroxylation is 1. The van der Waals surface area contributed by atoms with Crippen molar-refractivity contribution in [3.8, 4) is 5.75 Å². The average Bonchev–Trinajstić information content (AvgIpc) is 2.46. The quantitative estimate of drug-likeness (QED) is 0.799. The lowest BCUT2D eigenvalue weighted by atomic mass is 9.78. The Morgan fingerprint density at radius 1 is 1.10 bits per heavy atom. The monoisotopic (exact) mass is 284 g/mol. The van der Waals surface area contributed by atoms with Crippen LogP contribution >= 0.6 is 0 Å². The molecule has 0 saturated carbocycles. The van der Waals surface area contributed by atoms with Crippen LogP contribution in [-0.4, -0.2) is 24.9 Å². The lowest BCUT2D eigenvalue weighted by molar-refractivity contribution is -0.0492. The van der Waals surface area contributed by atoms with Crippen molar-refractivity contribution in [1.82, 2.24) is 0 Å². The van der Waals surface area contributed by atoms with Crippen LogP contribution in [0.15, 0.2) is 18.2 Å². The molecule has 0 aromatic heterocycles. The number of ether oxygens (including phenoxy) is 1. The maximum Gasteiger partial charge on any atom is 0.498 e. The van der Waals surface area contributed by atoms with Gasteiger partial charge in [0.15, 0.2) is 0 Å². The Kier molecular flexibility index (Phi) is 3.82. The van der Waals surface area contributed by atoms with Crippen LogP contribution in [-0.2, 0) is 9.31 Å². The van der Waals surface area contributed by atoms with Crippen LogP contribution < -0.4 is 10.2 Å². The van der Waals surface area contributed by atoms with Gasteiger partial charge < -0.3 is 14.0 Å². The van der Waals surface area contributed by atoms with E-state index in [-0.39, 0.29) is 5.75 Å². The highest BCUT2D eigenvalue weighted by Gasteiger charge is 2.52. The van der Waals surface area contributed by atoms with E-state index in [0.29, 0.717) is 5.46 Å². The second kappa shape index (κ2) is 5.00. The van der Waals surface area contributed by atoms with E-state index in [0.717, 1.165) is 5.56 Å². The zero-order valence-electron chi connectivity index (χ0n) is 12.4. The molecule has 20 heavy (non-hydrogen) atoms. The topological polar surface area (TPSA) is 27.7 Å². The Morgan fingerprint density at radius 2 is 1.65 bits per heavy atom. The molecule has 1 aromatic carbocycles. The first-order valence-electron chi connectivity index (χ1n) is 6.53. The Bertz CT molecular complexity index is 487. The predicted molar refractivity (Wildman–Crippen MR) is 73.5 cm³/mol. The van der Waals surface area contributed by atoms with Gasteiger partial charge in [0, 0.05) is 5.46 Å². The Balaban J connectivity index is 2.34. The first kappa shape index (κ1) is 15.3. The van der Waals surface area contributed by atoms with Crippen LogP contribution in [0.2, 0.25) is 0 Å². The number of hydrogen-bond donors (Lipinski definition) is 0. The normalized spacial score (nSPS) is 20.5. The fourth-order valence-corrected chi connectivity index (χ4v) is 2.00. The van der Waals surface area contributed by atoms with Crippen molar-refractivity contribution in [2.75, 3.05) is 0 Å². The van der Waals surface area contributed by atoms with Gasteiger partial charge in [-0.2, -0.15) is 8.78 Å². The highest BCUT2D eigenvalue weighted by Crippen LogP contribution is 2.37. The second-order valence-electron chi connectivity index (χ2n) is 6.01. The summed E-state index contributed by atoms with van der Waals surface area (Å²) < 4.78 is 41.4. The Hall–Kier alpha value is -1.14. The van der Waals surface area contributed by atoms with Gasteiger partial charge >= 0.3 is 13.7 Å². The third-order valence-corrected chi connectivity index (χ3v) is 3.89. The van der Waals surface area contributed by atoms with Crippen molar-refractivity contribution in [2.24, 2.45) is 0 Å². The van der Waals surface area contributed by atoms with E-state index in [2.05, 4.69) is 4.74 Å². The SMILES string of the molecule is Cc1ccc(B2OC(C)(C)C(C)(C)O2)c(OC(F)F)c1. The Labute approximate surface area is 118 Å². The van der Waals surface area contributed by atoms with Crippen molar-refractivity contribution in [1.29, 1.82) is 0 Å². The molecule has 1 aliphatic heterocycles. The summed E-state index contributed by atoms with van der Waals surface area (Å²) in [5.74, 6) is 0.0958. The van der Waals surface area contributed by atoms with Crippen LogP contribution in [0.3, 0.4) is 0 Å². The molecule has 110 valence electrons. The molecule has 0 unspecified atom stereocenters. The van der Waals surface area contributed by atoms with E-state index in [9.17, 15) is 8.78 Å². The van der Waals surface area contributed by atoms with Crippen molar-refractivity contribution in [3.05, 3.63) is 23.8 Å². The molecule has 0 amide bonds. The Morgan fingerprint density at radius 3 is 2.15 bits per heavy atom. The molecule has 0 spiro atoms. The van der Waals surface area contributed by atoms with Gasteiger partial charge in [0.1, 0.15) is 5.75 Å². The summed E-state index contributed by atoms with van der Waals surface area (Å²) in [6.07, 6.45) is 0. The van der Waals surface area contributed by atoms with Gasteiger partial charge in [0.25, 0.3) is 0 Å². The first-order valence-corrected chi connectivity index (χ1v) is 6.53. The van der Waals surface area contributed by atoms with Gasteiger partial charge in [0.05, 0.1) is 11.2 Å². The molecule has 0 N–H and O–H groups in total. The molecule has 1 saturated heterocycles. The summed E-state index contributed by atoms with van der Waals surface area (Å²) in [5.41, 5.74) is 0.269. The maximum absolute atomic E-state index is 12.5. The van der Waals surface area contributed by atoms with Gasteiger partial charge in [-0.25, -0.2) is 0 Å². The predicted octanol–water partition coefficient (Wildman–Crippen LogP) is 2.90. The van der Waals surface area contributed by atoms with E-state index in [1.165, 1.54) is 0 Å². The van der Waals surface area contributed by atoms with Crippen LogP contribution in [0, 0.1) is 6.92 Å². The lowest BCUT2D eigenvalue weighted by Crippen LogP contribution is -2.41. The zero-order valence-corrected chi connectivity index (χ0v) is 12.4. The largest absolute Gasteiger partial charge is 0.498 e. The van der Waals surface area contributed by atoms with Crippen LogP contribution in [0.1, 0.15) is 33.3 Å². The van der Waals surface area contributed by atoms with Crippen molar-refractivity contribution < 1.29 is 22.8 Å². The number of benzene rings is 1. The minimum Gasteiger partial charge on any atom is -0.435 e. The number of hydrogen-bond acceptors (Lipinski definition) is 3. The molecule has 1 aromatic rings. The van der Waals surface area contributed by atoms with E-state index < -0.39 is 24.9 Å². The molecule has 0 atom stereocenters. The molecular formula is C14H19BF2O3. The number of alkyl halides is 2. The minimum absolute atomic E-state index is 0.0958. The summed E-state index contributed by atoms with van der Waals surface area (Å²) in [6, 6.07) is 5.08. The summed E-state index contributed by atoms with van der Waals surface area (Å²) >= 11 is 0. The maximum atomic E-state index is 12.5. The molecule has 6 heteroatoms. The van der Waals surface area contributed by atoms with Gasteiger partial charge in [-0.1, -0.05) is 12.1 Å². The van der Waals surface area contributed by atoms with Gasteiger partial charge in [-0.3, -0.25) is 0 Å². The van der Waals surface area contributed by atoms with Gasteiger partial charge in [-0.15, -0.1) is 0 Å². The van der Waals surface area contributed by atoms with Crippen LogP contribution in [0.5, 0.6) is 5.75 Å². The van der Waals surface area contributed by atoms with E-state index >= 15 is 0 Å². The minimum atomic E-state index is -2.88. The standard InChI is InChI=1S/C14H19BF2O3/c1-9-6-7-10(11(8-9)18-12(16)17)15-19-13(2,3)14(4,5)20-15/h6-8,12H,1-5H3. The van der Waals surface area contributed by atoms with Crippen molar-refractivity contribution in [2.45, 2.75) is 52.4 Å². The van der Waals surface area contributed by atoms with Gasteiger partial charge in [-0.05, 0) is 46.2 Å². The molecule has 3 nitrogen and oxygen atoms in total. The molecule has 0 radical (unpaired) electrons. The molecule has 0 aliphatic carbocycles. The molecule has 1 aliphatic rings. The van der Waals surface area contributed by atoms with E-state index in [1.54, 1.807) is 12.1 Å². The molecule has 1 fully saturated rings. The second-order valence-corrected chi connectivity index (χ2v) is 6.01. The summed E-state index contributed by atoms with van der Waals surface area (Å²) in [4.78, 5) is 0. The number of rotatable bonds is 3. The zero-order chi connectivity index (χ0) is 15.1. The summed E-state index contributed by atoms with van der Waals surface area (Å²) in [5, 5.41) is 0. The van der Waals surface area contributed by atoms with E-state index in [4.69, 9.17) is 9.31 Å². The molecular weight excluding hydrogens is 265 g/mol. The molecule has 2 rings (SSSR count). The first-order chi connectivity index (χ1) is 9.12. The molecule has 0 bridgehead atoms.